The first-order chi connectivity index (χ1) is 7.99. The zero-order valence-electron chi connectivity index (χ0n) is 11.4. The van der Waals surface area contributed by atoms with Crippen molar-refractivity contribution in [2.75, 3.05) is 26.7 Å². The molecule has 4 heteroatoms. The summed E-state index contributed by atoms with van der Waals surface area (Å²) >= 11 is 0. The number of carbonyl (C=O) groups excluding carboxylic acids is 1. The molecule has 1 amide bonds. The quantitative estimate of drug-likeness (QED) is 0.749. The fourth-order valence-corrected chi connectivity index (χ4v) is 2.22. The molecule has 0 bridgehead atoms. The van der Waals surface area contributed by atoms with E-state index in [-0.39, 0.29) is 11.9 Å². The third-order valence-electron chi connectivity index (χ3n) is 3.59. The Labute approximate surface area is 105 Å². The number of nitrogens with two attached hydrogens (primary N) is 1. The predicted molar refractivity (Wildman–Crippen MR) is 70.7 cm³/mol. The van der Waals surface area contributed by atoms with Gasteiger partial charge in [0.25, 0.3) is 0 Å². The average molecular weight is 241 g/mol. The molecule has 100 valence electrons. The van der Waals surface area contributed by atoms with E-state index in [2.05, 4.69) is 17.3 Å². The molecule has 0 saturated carbocycles. The van der Waals surface area contributed by atoms with E-state index >= 15 is 0 Å². The Morgan fingerprint density at radius 1 is 1.53 bits per heavy atom. The Kier molecular flexibility index (Phi) is 5.92. The van der Waals surface area contributed by atoms with Gasteiger partial charge in [-0.2, -0.15) is 0 Å². The van der Waals surface area contributed by atoms with E-state index in [1.54, 1.807) is 0 Å². The number of piperidine rings is 1. The van der Waals surface area contributed by atoms with Crippen LogP contribution in [-0.4, -0.2) is 43.5 Å². The van der Waals surface area contributed by atoms with Crippen molar-refractivity contribution in [2.24, 2.45) is 17.6 Å². The molecule has 1 heterocycles. The van der Waals surface area contributed by atoms with Gasteiger partial charge < -0.3 is 16.0 Å². The van der Waals surface area contributed by atoms with Crippen LogP contribution in [0.1, 0.15) is 33.1 Å². The van der Waals surface area contributed by atoms with Gasteiger partial charge in [0.2, 0.25) is 5.91 Å². The molecule has 1 fully saturated rings. The highest BCUT2D eigenvalue weighted by Crippen LogP contribution is 2.14. The Morgan fingerprint density at radius 2 is 2.24 bits per heavy atom. The molecule has 2 unspecified atom stereocenters. The molecule has 3 N–H and O–H groups in total. The first-order valence-electron chi connectivity index (χ1n) is 6.70. The standard InChI is InChI=1S/C13H27N3O/c1-10(2)12(14)7-13(17)15-8-11-5-4-6-16(3)9-11/h10-12H,4-9,14H2,1-3H3,(H,15,17). The maximum atomic E-state index is 11.7. The van der Waals surface area contributed by atoms with Crippen molar-refractivity contribution in [3.05, 3.63) is 0 Å². The zero-order valence-corrected chi connectivity index (χ0v) is 11.4. The molecular formula is C13H27N3O. The van der Waals surface area contributed by atoms with Crippen LogP contribution in [0.25, 0.3) is 0 Å². The van der Waals surface area contributed by atoms with E-state index in [4.69, 9.17) is 5.73 Å². The lowest BCUT2D eigenvalue weighted by molar-refractivity contribution is -0.121. The third-order valence-corrected chi connectivity index (χ3v) is 3.59. The lowest BCUT2D eigenvalue weighted by atomic mass is 9.98. The number of amides is 1. The van der Waals surface area contributed by atoms with Crippen molar-refractivity contribution >= 4 is 5.91 Å². The highest BCUT2D eigenvalue weighted by atomic mass is 16.1. The molecule has 0 spiro atoms. The van der Waals surface area contributed by atoms with Crippen LogP contribution >= 0.6 is 0 Å². The number of hydrogen-bond donors (Lipinski definition) is 2. The topological polar surface area (TPSA) is 58.4 Å². The molecule has 1 saturated heterocycles. The fourth-order valence-electron chi connectivity index (χ4n) is 2.22. The van der Waals surface area contributed by atoms with Gasteiger partial charge in [-0.3, -0.25) is 4.79 Å². The van der Waals surface area contributed by atoms with E-state index in [0.717, 1.165) is 13.1 Å². The monoisotopic (exact) mass is 241 g/mol. The number of carbonyl (C=O) groups is 1. The molecule has 1 rings (SSSR count). The molecule has 1 aliphatic rings. The van der Waals surface area contributed by atoms with Crippen molar-refractivity contribution < 1.29 is 4.79 Å². The highest BCUT2D eigenvalue weighted by molar-refractivity contribution is 5.76. The van der Waals surface area contributed by atoms with Gasteiger partial charge in [0, 0.05) is 25.6 Å². The number of likely N-dealkylation sites (tertiary alicyclic amines) is 1. The molecule has 2 atom stereocenters. The second-order valence-electron chi connectivity index (χ2n) is 5.69. The van der Waals surface area contributed by atoms with Crippen LogP contribution in [0, 0.1) is 11.8 Å². The molecule has 0 aromatic carbocycles. The van der Waals surface area contributed by atoms with Crippen LogP contribution in [0.15, 0.2) is 0 Å². The van der Waals surface area contributed by atoms with E-state index in [1.807, 2.05) is 13.8 Å². The van der Waals surface area contributed by atoms with Crippen molar-refractivity contribution in [3.63, 3.8) is 0 Å². The number of rotatable bonds is 5. The van der Waals surface area contributed by atoms with Gasteiger partial charge in [0.15, 0.2) is 0 Å². The summed E-state index contributed by atoms with van der Waals surface area (Å²) in [6.45, 7) is 7.18. The van der Waals surface area contributed by atoms with Gasteiger partial charge in [-0.05, 0) is 38.3 Å². The summed E-state index contributed by atoms with van der Waals surface area (Å²) in [5, 5.41) is 3.01. The van der Waals surface area contributed by atoms with Gasteiger partial charge in [0.1, 0.15) is 0 Å². The van der Waals surface area contributed by atoms with Gasteiger partial charge in [0.05, 0.1) is 0 Å². The van der Waals surface area contributed by atoms with Crippen LogP contribution in [0.2, 0.25) is 0 Å². The first-order valence-corrected chi connectivity index (χ1v) is 6.70. The second-order valence-corrected chi connectivity index (χ2v) is 5.69. The smallest absolute Gasteiger partial charge is 0.221 e. The minimum atomic E-state index is -0.0240. The van der Waals surface area contributed by atoms with E-state index in [0.29, 0.717) is 18.3 Å². The van der Waals surface area contributed by atoms with Gasteiger partial charge in [-0.25, -0.2) is 0 Å². The van der Waals surface area contributed by atoms with Crippen LogP contribution in [0.5, 0.6) is 0 Å². The third kappa shape index (κ3) is 5.50. The highest BCUT2D eigenvalue weighted by Gasteiger charge is 2.18. The molecular weight excluding hydrogens is 214 g/mol. The largest absolute Gasteiger partial charge is 0.356 e. The molecule has 0 aliphatic carbocycles. The molecule has 1 aliphatic heterocycles. The summed E-state index contributed by atoms with van der Waals surface area (Å²) in [4.78, 5) is 14.0. The summed E-state index contributed by atoms with van der Waals surface area (Å²) in [6, 6.07) is -0.0240. The maximum Gasteiger partial charge on any atom is 0.221 e. The molecule has 0 aromatic heterocycles. The Morgan fingerprint density at radius 3 is 2.82 bits per heavy atom. The molecule has 17 heavy (non-hydrogen) atoms. The summed E-state index contributed by atoms with van der Waals surface area (Å²) in [5.41, 5.74) is 5.88. The van der Waals surface area contributed by atoms with Crippen molar-refractivity contribution in [2.45, 2.75) is 39.2 Å². The molecule has 0 radical (unpaired) electrons. The fraction of sp³-hybridized carbons (Fsp3) is 0.923. The van der Waals surface area contributed by atoms with Gasteiger partial charge in [-0.15, -0.1) is 0 Å². The van der Waals surface area contributed by atoms with E-state index in [9.17, 15) is 4.79 Å². The Hall–Kier alpha value is -0.610. The van der Waals surface area contributed by atoms with Gasteiger partial charge >= 0.3 is 0 Å². The summed E-state index contributed by atoms with van der Waals surface area (Å²) in [6.07, 6.45) is 2.91. The lowest BCUT2D eigenvalue weighted by Crippen LogP contribution is -2.41. The second kappa shape index (κ2) is 6.97. The summed E-state index contributed by atoms with van der Waals surface area (Å²) in [5.74, 6) is 1.06. The Balaban J connectivity index is 2.19. The summed E-state index contributed by atoms with van der Waals surface area (Å²) in [7, 11) is 2.14. The lowest BCUT2D eigenvalue weighted by Gasteiger charge is -2.29. The SMILES string of the molecule is CC(C)C(N)CC(=O)NCC1CCCN(C)C1. The minimum absolute atomic E-state index is 0.0240. The maximum absolute atomic E-state index is 11.7. The van der Waals surface area contributed by atoms with Crippen molar-refractivity contribution in [1.82, 2.24) is 10.2 Å². The van der Waals surface area contributed by atoms with Crippen LogP contribution in [0.4, 0.5) is 0 Å². The molecule has 4 nitrogen and oxygen atoms in total. The normalized spacial score (nSPS) is 23.7. The number of hydrogen-bond acceptors (Lipinski definition) is 3. The van der Waals surface area contributed by atoms with E-state index < -0.39 is 0 Å². The van der Waals surface area contributed by atoms with Crippen LogP contribution in [-0.2, 0) is 4.79 Å². The minimum Gasteiger partial charge on any atom is -0.356 e. The first kappa shape index (κ1) is 14.5. The zero-order chi connectivity index (χ0) is 12.8. The number of nitrogens with zero attached hydrogens (tertiary/aromatic N) is 1. The van der Waals surface area contributed by atoms with Crippen molar-refractivity contribution in [3.8, 4) is 0 Å². The van der Waals surface area contributed by atoms with Crippen molar-refractivity contribution in [1.29, 1.82) is 0 Å². The van der Waals surface area contributed by atoms with Crippen LogP contribution < -0.4 is 11.1 Å². The average Bonchev–Trinajstić information content (AvgIpc) is 2.26. The van der Waals surface area contributed by atoms with Gasteiger partial charge in [-0.1, -0.05) is 13.8 Å². The number of nitrogens with one attached hydrogen (secondary N) is 1. The van der Waals surface area contributed by atoms with Crippen LogP contribution in [0.3, 0.4) is 0 Å². The Bertz CT molecular complexity index is 243. The predicted octanol–water partition coefficient (Wildman–Crippen LogP) is 0.818. The summed E-state index contributed by atoms with van der Waals surface area (Å²) < 4.78 is 0. The molecule has 0 aromatic rings. The van der Waals surface area contributed by atoms with E-state index in [1.165, 1.54) is 19.4 Å².